The summed E-state index contributed by atoms with van der Waals surface area (Å²) in [4.78, 5) is 0. The molecule has 1 aromatic rings. The first-order valence-electron chi connectivity index (χ1n) is 5.76. The van der Waals surface area contributed by atoms with E-state index in [-0.39, 0.29) is 0 Å². The molecule has 0 bridgehead atoms. The lowest BCUT2D eigenvalue weighted by molar-refractivity contribution is 0.121. The summed E-state index contributed by atoms with van der Waals surface area (Å²) in [5.41, 5.74) is 2.60. The van der Waals surface area contributed by atoms with Crippen LogP contribution in [0, 0.1) is 0 Å². The third kappa shape index (κ3) is 2.51. The lowest BCUT2D eigenvalue weighted by Gasteiger charge is -2.17. The molecule has 1 heterocycles. The quantitative estimate of drug-likeness (QED) is 0.819. The van der Waals surface area contributed by atoms with Gasteiger partial charge in [-0.1, -0.05) is 19.1 Å². The van der Waals surface area contributed by atoms with Crippen LogP contribution in [0.5, 0.6) is 0 Å². The van der Waals surface area contributed by atoms with Crippen molar-refractivity contribution in [3.05, 3.63) is 29.8 Å². The minimum Gasteiger partial charge on any atom is -0.380 e. The van der Waals surface area contributed by atoms with Crippen molar-refractivity contribution in [1.29, 1.82) is 0 Å². The van der Waals surface area contributed by atoms with Crippen LogP contribution in [0.4, 0.5) is 5.69 Å². The predicted molar refractivity (Wildman–Crippen MR) is 63.3 cm³/mol. The monoisotopic (exact) mass is 205 g/mol. The molecular weight excluding hydrogens is 186 g/mol. The van der Waals surface area contributed by atoms with Gasteiger partial charge in [-0.25, -0.2) is 0 Å². The van der Waals surface area contributed by atoms with Crippen LogP contribution in [-0.2, 0) is 11.2 Å². The maximum atomic E-state index is 5.53. The second kappa shape index (κ2) is 4.67. The number of rotatable bonds is 3. The molecule has 1 fully saturated rings. The molecule has 82 valence electrons. The molecule has 2 nitrogen and oxygen atoms in total. The van der Waals surface area contributed by atoms with Gasteiger partial charge in [-0.3, -0.25) is 0 Å². The number of benzene rings is 1. The number of nitrogens with one attached hydrogen (secondary N) is 1. The smallest absolute Gasteiger partial charge is 0.0748 e. The van der Waals surface area contributed by atoms with E-state index < -0.39 is 0 Å². The zero-order chi connectivity index (χ0) is 10.7. The van der Waals surface area contributed by atoms with Gasteiger partial charge in [0.1, 0.15) is 0 Å². The summed E-state index contributed by atoms with van der Waals surface area (Å²) in [7, 11) is 0. The molecular formula is C13H19NO. The molecule has 15 heavy (non-hydrogen) atoms. The van der Waals surface area contributed by atoms with E-state index in [1.807, 2.05) is 0 Å². The molecule has 0 aliphatic carbocycles. The van der Waals surface area contributed by atoms with Crippen LogP contribution in [0.15, 0.2) is 24.3 Å². The molecule has 1 aliphatic rings. The van der Waals surface area contributed by atoms with Gasteiger partial charge < -0.3 is 10.1 Å². The van der Waals surface area contributed by atoms with Crippen molar-refractivity contribution >= 4 is 5.69 Å². The van der Waals surface area contributed by atoms with Crippen LogP contribution < -0.4 is 5.32 Å². The Kier molecular flexibility index (Phi) is 3.27. The third-order valence-corrected chi connectivity index (χ3v) is 3.06. The van der Waals surface area contributed by atoms with E-state index in [2.05, 4.69) is 43.4 Å². The first kappa shape index (κ1) is 10.5. The van der Waals surface area contributed by atoms with Crippen LogP contribution in [0.2, 0.25) is 0 Å². The first-order valence-corrected chi connectivity index (χ1v) is 5.76. The summed E-state index contributed by atoms with van der Waals surface area (Å²) >= 11 is 0. The minimum atomic E-state index is 0.329. The van der Waals surface area contributed by atoms with E-state index >= 15 is 0 Å². The second-order valence-electron chi connectivity index (χ2n) is 4.17. The topological polar surface area (TPSA) is 21.3 Å². The van der Waals surface area contributed by atoms with Gasteiger partial charge in [-0.15, -0.1) is 0 Å². The zero-order valence-electron chi connectivity index (χ0n) is 9.49. The van der Waals surface area contributed by atoms with Gasteiger partial charge in [0.2, 0.25) is 0 Å². The molecule has 2 heteroatoms. The molecule has 0 radical (unpaired) electrons. The van der Waals surface area contributed by atoms with Gasteiger partial charge in [0.15, 0.2) is 0 Å². The fourth-order valence-corrected chi connectivity index (χ4v) is 2.02. The van der Waals surface area contributed by atoms with E-state index in [1.54, 1.807) is 0 Å². The summed E-state index contributed by atoms with van der Waals surface area (Å²) in [6.45, 7) is 5.20. The largest absolute Gasteiger partial charge is 0.380 e. The Morgan fingerprint density at radius 2 is 2.33 bits per heavy atom. The highest BCUT2D eigenvalue weighted by Gasteiger charge is 2.23. The van der Waals surface area contributed by atoms with Gasteiger partial charge >= 0.3 is 0 Å². The number of aryl methyl sites for hydroxylation is 1. The van der Waals surface area contributed by atoms with Crippen molar-refractivity contribution in [2.75, 3.05) is 11.9 Å². The van der Waals surface area contributed by atoms with Gasteiger partial charge in [0, 0.05) is 12.3 Å². The summed E-state index contributed by atoms with van der Waals surface area (Å²) in [6, 6.07) is 9.11. The van der Waals surface area contributed by atoms with Gasteiger partial charge in [-0.05, 0) is 37.5 Å². The van der Waals surface area contributed by atoms with Crippen LogP contribution in [-0.4, -0.2) is 18.8 Å². The maximum absolute atomic E-state index is 5.53. The van der Waals surface area contributed by atoms with Gasteiger partial charge in [0.25, 0.3) is 0 Å². The molecule has 2 atom stereocenters. The fourth-order valence-electron chi connectivity index (χ4n) is 2.02. The molecule has 0 saturated carbocycles. The van der Waals surface area contributed by atoms with Crippen LogP contribution >= 0.6 is 0 Å². The highest BCUT2D eigenvalue weighted by Crippen LogP contribution is 2.19. The molecule has 1 saturated heterocycles. The summed E-state index contributed by atoms with van der Waals surface area (Å²) in [6.07, 6.45) is 2.53. The lowest BCUT2D eigenvalue weighted by atomic mass is 10.1. The molecule has 0 spiro atoms. The van der Waals surface area contributed by atoms with E-state index in [4.69, 9.17) is 4.74 Å². The number of anilines is 1. The third-order valence-electron chi connectivity index (χ3n) is 3.06. The Balaban J connectivity index is 2.03. The zero-order valence-corrected chi connectivity index (χ0v) is 9.49. The average molecular weight is 205 g/mol. The van der Waals surface area contributed by atoms with E-state index in [0.717, 1.165) is 19.4 Å². The van der Waals surface area contributed by atoms with Crippen LogP contribution in [0.1, 0.15) is 25.8 Å². The van der Waals surface area contributed by atoms with Crippen molar-refractivity contribution < 1.29 is 4.74 Å². The lowest BCUT2D eigenvalue weighted by Crippen LogP contribution is -2.26. The standard InChI is InChI=1S/C13H19NO/c1-3-11-5-4-6-12(9-11)14-13-7-8-15-10(13)2/h4-6,9-10,13-14H,3,7-8H2,1-2H3. The van der Waals surface area contributed by atoms with Crippen molar-refractivity contribution in [3.8, 4) is 0 Å². The summed E-state index contributed by atoms with van der Waals surface area (Å²) < 4.78 is 5.53. The SMILES string of the molecule is CCc1cccc(NC2CCOC2C)c1. The molecule has 0 aromatic heterocycles. The Morgan fingerprint density at radius 1 is 1.47 bits per heavy atom. The highest BCUT2D eigenvalue weighted by atomic mass is 16.5. The van der Waals surface area contributed by atoms with E-state index in [9.17, 15) is 0 Å². The number of hydrogen-bond donors (Lipinski definition) is 1. The molecule has 0 amide bonds. The Labute approximate surface area is 91.6 Å². The Bertz CT molecular complexity index is 324. The van der Waals surface area contributed by atoms with Gasteiger partial charge in [0.05, 0.1) is 12.1 Å². The molecule has 2 unspecified atom stereocenters. The second-order valence-corrected chi connectivity index (χ2v) is 4.17. The Hall–Kier alpha value is -1.02. The normalized spacial score (nSPS) is 25.5. The van der Waals surface area contributed by atoms with Crippen molar-refractivity contribution in [3.63, 3.8) is 0 Å². The summed E-state index contributed by atoms with van der Waals surface area (Å²) in [5.74, 6) is 0. The van der Waals surface area contributed by atoms with E-state index in [0.29, 0.717) is 12.1 Å². The molecule has 1 aromatic carbocycles. The minimum absolute atomic E-state index is 0.329. The van der Waals surface area contributed by atoms with Crippen molar-refractivity contribution in [1.82, 2.24) is 0 Å². The predicted octanol–water partition coefficient (Wildman–Crippen LogP) is 2.84. The molecule has 1 N–H and O–H groups in total. The Morgan fingerprint density at radius 3 is 3.00 bits per heavy atom. The fraction of sp³-hybridized carbons (Fsp3) is 0.538. The molecule has 1 aliphatic heterocycles. The van der Waals surface area contributed by atoms with E-state index in [1.165, 1.54) is 11.3 Å². The maximum Gasteiger partial charge on any atom is 0.0748 e. The van der Waals surface area contributed by atoms with Crippen molar-refractivity contribution in [2.45, 2.75) is 38.8 Å². The first-order chi connectivity index (χ1) is 7.29. The van der Waals surface area contributed by atoms with Gasteiger partial charge in [-0.2, -0.15) is 0 Å². The number of ether oxygens (including phenoxy) is 1. The highest BCUT2D eigenvalue weighted by molar-refractivity contribution is 5.46. The van der Waals surface area contributed by atoms with Crippen LogP contribution in [0.25, 0.3) is 0 Å². The summed E-state index contributed by atoms with van der Waals surface area (Å²) in [5, 5.41) is 3.54. The average Bonchev–Trinajstić information content (AvgIpc) is 2.65. The number of hydrogen-bond acceptors (Lipinski definition) is 2. The van der Waals surface area contributed by atoms with Crippen molar-refractivity contribution in [2.24, 2.45) is 0 Å². The van der Waals surface area contributed by atoms with Crippen LogP contribution in [0.3, 0.4) is 0 Å². The molecule has 2 rings (SSSR count).